The van der Waals surface area contributed by atoms with Crippen molar-refractivity contribution in [2.75, 3.05) is 13.1 Å². The Kier molecular flexibility index (Phi) is 9.36. The van der Waals surface area contributed by atoms with Gasteiger partial charge in [0.15, 0.2) is 0 Å². The third-order valence-corrected chi connectivity index (χ3v) is 4.95. The van der Waals surface area contributed by atoms with E-state index < -0.39 is 17.7 Å². The summed E-state index contributed by atoms with van der Waals surface area (Å²) < 4.78 is 27.1. The van der Waals surface area contributed by atoms with E-state index in [-0.39, 0.29) is 18.3 Å². The number of carbonyl (C=O) groups is 1. The molecule has 0 aliphatic carbocycles. The van der Waals surface area contributed by atoms with Gasteiger partial charge >= 0.3 is 0 Å². The first-order chi connectivity index (χ1) is 11.5. The summed E-state index contributed by atoms with van der Waals surface area (Å²) in [5.74, 6) is -0.377. The summed E-state index contributed by atoms with van der Waals surface area (Å²) in [6.45, 7) is 6.12. The van der Waals surface area contributed by atoms with Crippen molar-refractivity contribution in [3.63, 3.8) is 0 Å². The summed E-state index contributed by atoms with van der Waals surface area (Å²) in [7, 11) is 0. The van der Waals surface area contributed by atoms with Crippen molar-refractivity contribution >= 4 is 18.3 Å². The molecule has 1 saturated heterocycles. The van der Waals surface area contributed by atoms with Crippen LogP contribution in [0.25, 0.3) is 0 Å². The quantitative estimate of drug-likeness (QED) is 0.744. The maximum atomic E-state index is 14.0. The molecule has 0 aromatic heterocycles. The molecule has 1 aliphatic heterocycles. The first-order valence-electron chi connectivity index (χ1n) is 8.96. The third kappa shape index (κ3) is 6.55. The van der Waals surface area contributed by atoms with Crippen LogP contribution in [0.15, 0.2) is 18.2 Å². The van der Waals surface area contributed by atoms with Crippen molar-refractivity contribution in [1.29, 1.82) is 0 Å². The predicted octanol–water partition coefficient (Wildman–Crippen LogP) is 4.37. The van der Waals surface area contributed by atoms with Crippen molar-refractivity contribution in [2.24, 2.45) is 11.8 Å². The highest BCUT2D eigenvalue weighted by atomic mass is 35.5. The molecule has 1 fully saturated rings. The smallest absolute Gasteiger partial charge is 0.220 e. The monoisotopic (exact) mass is 374 g/mol. The molecule has 2 N–H and O–H groups in total. The molecule has 1 aromatic rings. The zero-order valence-corrected chi connectivity index (χ0v) is 15.8. The van der Waals surface area contributed by atoms with Gasteiger partial charge in [-0.05, 0) is 50.3 Å². The van der Waals surface area contributed by atoms with Crippen molar-refractivity contribution < 1.29 is 13.6 Å². The number of benzene rings is 1. The molecule has 0 radical (unpaired) electrons. The molecule has 1 aromatic carbocycles. The van der Waals surface area contributed by atoms with Crippen molar-refractivity contribution in [3.8, 4) is 0 Å². The average Bonchev–Trinajstić information content (AvgIpc) is 2.55. The van der Waals surface area contributed by atoms with Crippen LogP contribution in [0.1, 0.15) is 57.6 Å². The fourth-order valence-corrected chi connectivity index (χ4v) is 3.50. The highest BCUT2D eigenvalue weighted by molar-refractivity contribution is 5.85. The van der Waals surface area contributed by atoms with E-state index in [0.717, 1.165) is 38.4 Å². The molecule has 0 saturated carbocycles. The maximum Gasteiger partial charge on any atom is 0.220 e. The van der Waals surface area contributed by atoms with Gasteiger partial charge in [-0.2, -0.15) is 0 Å². The fraction of sp³-hybridized carbons (Fsp3) is 0.632. The molecule has 2 rings (SSSR count). The molecule has 2 atom stereocenters. The van der Waals surface area contributed by atoms with Gasteiger partial charge < -0.3 is 10.6 Å². The van der Waals surface area contributed by atoms with Crippen molar-refractivity contribution in [3.05, 3.63) is 35.4 Å². The molecule has 25 heavy (non-hydrogen) atoms. The number of piperidine rings is 1. The molecule has 3 nitrogen and oxygen atoms in total. The second-order valence-corrected chi connectivity index (χ2v) is 6.84. The minimum atomic E-state index is -0.600. The second kappa shape index (κ2) is 10.7. The van der Waals surface area contributed by atoms with Gasteiger partial charge in [-0.1, -0.05) is 26.3 Å². The number of amides is 1. The lowest BCUT2D eigenvalue weighted by Crippen LogP contribution is -2.34. The van der Waals surface area contributed by atoms with Gasteiger partial charge in [0.25, 0.3) is 0 Å². The molecule has 0 spiro atoms. The van der Waals surface area contributed by atoms with Crippen LogP contribution in [0.2, 0.25) is 0 Å². The van der Waals surface area contributed by atoms with E-state index in [0.29, 0.717) is 30.2 Å². The van der Waals surface area contributed by atoms with Crippen LogP contribution in [0.3, 0.4) is 0 Å². The third-order valence-electron chi connectivity index (χ3n) is 4.95. The van der Waals surface area contributed by atoms with Crippen LogP contribution < -0.4 is 10.6 Å². The van der Waals surface area contributed by atoms with E-state index in [9.17, 15) is 13.6 Å². The number of hydrogen-bond donors (Lipinski definition) is 2. The Morgan fingerprint density at radius 2 is 2.00 bits per heavy atom. The van der Waals surface area contributed by atoms with E-state index >= 15 is 0 Å². The molecule has 1 heterocycles. The molecular formula is C19H29ClF2N2O. The summed E-state index contributed by atoms with van der Waals surface area (Å²) in [5, 5.41) is 6.28. The number of carbonyl (C=O) groups excluding carboxylic acids is 1. The first-order valence-corrected chi connectivity index (χ1v) is 8.96. The molecule has 0 bridgehead atoms. The summed E-state index contributed by atoms with van der Waals surface area (Å²) in [6, 6.07) is 3.15. The molecule has 1 amide bonds. The summed E-state index contributed by atoms with van der Waals surface area (Å²) in [4.78, 5) is 12.4. The lowest BCUT2D eigenvalue weighted by Gasteiger charge is -2.28. The lowest BCUT2D eigenvalue weighted by atomic mass is 9.84. The molecular weight excluding hydrogens is 346 g/mol. The van der Waals surface area contributed by atoms with Crippen LogP contribution in [-0.2, 0) is 4.79 Å². The van der Waals surface area contributed by atoms with E-state index in [2.05, 4.69) is 17.6 Å². The van der Waals surface area contributed by atoms with Gasteiger partial charge in [-0.3, -0.25) is 4.79 Å². The summed E-state index contributed by atoms with van der Waals surface area (Å²) in [6.07, 6.45) is 4.09. The van der Waals surface area contributed by atoms with Crippen LogP contribution in [0.5, 0.6) is 0 Å². The Morgan fingerprint density at radius 1 is 1.32 bits per heavy atom. The minimum Gasteiger partial charge on any atom is -0.349 e. The number of rotatable bonds is 7. The van der Waals surface area contributed by atoms with E-state index in [1.54, 1.807) is 0 Å². The fourth-order valence-electron chi connectivity index (χ4n) is 3.50. The first kappa shape index (κ1) is 21.8. The van der Waals surface area contributed by atoms with Crippen LogP contribution in [-0.4, -0.2) is 19.0 Å². The summed E-state index contributed by atoms with van der Waals surface area (Å²) >= 11 is 0. The van der Waals surface area contributed by atoms with Gasteiger partial charge in [0.1, 0.15) is 11.6 Å². The molecule has 2 unspecified atom stereocenters. The Hall–Kier alpha value is -1.20. The Bertz CT molecular complexity index is 550. The maximum absolute atomic E-state index is 14.0. The van der Waals surface area contributed by atoms with Crippen LogP contribution in [0, 0.1) is 23.5 Å². The van der Waals surface area contributed by atoms with Crippen molar-refractivity contribution in [1.82, 2.24) is 10.6 Å². The van der Waals surface area contributed by atoms with Gasteiger partial charge in [0.05, 0.1) is 6.04 Å². The Labute approximate surface area is 155 Å². The standard InChI is InChI=1S/C19H28F2N2O.ClH/c1-3-4-18(16-6-5-15(20)12-17(16)21)23-19(24)11-13(2)14-7-9-22-10-8-14;/h5-6,12-14,18,22H,3-4,7-11H2,1-2H3,(H,23,24);1H. The van der Waals surface area contributed by atoms with E-state index in [1.807, 2.05) is 6.92 Å². The topological polar surface area (TPSA) is 41.1 Å². The van der Waals surface area contributed by atoms with Gasteiger partial charge in [0, 0.05) is 18.1 Å². The van der Waals surface area contributed by atoms with Gasteiger partial charge in [-0.15, -0.1) is 12.4 Å². The molecule has 6 heteroatoms. The SMILES string of the molecule is CCCC(NC(=O)CC(C)C1CCNCC1)c1ccc(F)cc1F.Cl. The number of hydrogen-bond acceptors (Lipinski definition) is 2. The zero-order chi connectivity index (χ0) is 17.5. The second-order valence-electron chi connectivity index (χ2n) is 6.84. The zero-order valence-electron chi connectivity index (χ0n) is 15.0. The normalized spacial score (nSPS) is 17.4. The molecule has 142 valence electrons. The minimum absolute atomic E-state index is 0. The highest BCUT2D eigenvalue weighted by Gasteiger charge is 2.24. The van der Waals surface area contributed by atoms with E-state index in [1.165, 1.54) is 12.1 Å². The van der Waals surface area contributed by atoms with Gasteiger partial charge in [0.2, 0.25) is 5.91 Å². The number of nitrogens with one attached hydrogen (secondary N) is 2. The summed E-state index contributed by atoms with van der Waals surface area (Å²) in [5.41, 5.74) is 0.362. The average molecular weight is 375 g/mol. The highest BCUT2D eigenvalue weighted by Crippen LogP contribution is 2.26. The van der Waals surface area contributed by atoms with Crippen LogP contribution in [0.4, 0.5) is 8.78 Å². The van der Waals surface area contributed by atoms with Crippen LogP contribution >= 0.6 is 12.4 Å². The largest absolute Gasteiger partial charge is 0.349 e. The lowest BCUT2D eigenvalue weighted by molar-refractivity contribution is -0.123. The molecule has 1 aliphatic rings. The number of halogens is 3. The van der Waals surface area contributed by atoms with Crippen molar-refractivity contribution in [2.45, 2.75) is 52.0 Å². The predicted molar refractivity (Wildman–Crippen MR) is 98.8 cm³/mol. The van der Waals surface area contributed by atoms with E-state index in [4.69, 9.17) is 0 Å². The Balaban J connectivity index is 0.00000312. The van der Waals surface area contributed by atoms with Gasteiger partial charge in [-0.25, -0.2) is 8.78 Å². The Morgan fingerprint density at radius 3 is 2.60 bits per heavy atom.